The molecule has 0 spiro atoms. The molecule has 19 heavy (non-hydrogen) atoms. The van der Waals surface area contributed by atoms with Crippen LogP contribution in [-0.4, -0.2) is 29.2 Å². The summed E-state index contributed by atoms with van der Waals surface area (Å²) >= 11 is 0. The average Bonchev–Trinajstić information content (AvgIpc) is 2.86. The van der Waals surface area contributed by atoms with Crippen LogP contribution < -0.4 is 0 Å². The van der Waals surface area contributed by atoms with Gasteiger partial charge in [-0.2, -0.15) is 5.26 Å². The first kappa shape index (κ1) is 14.0. The molecule has 0 radical (unpaired) electrons. The van der Waals surface area contributed by atoms with Crippen molar-refractivity contribution in [3.05, 3.63) is 35.4 Å². The van der Waals surface area contributed by atoms with Gasteiger partial charge in [0.05, 0.1) is 18.1 Å². The third-order valence-electron chi connectivity index (χ3n) is 4.05. The summed E-state index contributed by atoms with van der Waals surface area (Å²) in [6.07, 6.45) is 2.22. The van der Waals surface area contributed by atoms with E-state index in [1.165, 1.54) is 5.56 Å². The quantitative estimate of drug-likeness (QED) is 0.902. The molecule has 1 fully saturated rings. The standard InChI is InChI=1S/C16H22N2O/c1-16(2,12-17)15-8-4-3-6-13(15)10-18-9-5-7-14(18)11-19/h3-4,6,8,14,19H,5,7,9-11H2,1-2H3/t14-/m1/s1. The number of nitriles is 1. The van der Waals surface area contributed by atoms with Crippen LogP contribution in [0.2, 0.25) is 0 Å². The van der Waals surface area contributed by atoms with Crippen molar-refractivity contribution >= 4 is 0 Å². The van der Waals surface area contributed by atoms with Crippen LogP contribution in [0.4, 0.5) is 0 Å². The lowest BCUT2D eigenvalue weighted by Gasteiger charge is -2.26. The van der Waals surface area contributed by atoms with Gasteiger partial charge < -0.3 is 5.11 Å². The summed E-state index contributed by atoms with van der Waals surface area (Å²) in [6, 6.07) is 10.8. The monoisotopic (exact) mass is 258 g/mol. The van der Waals surface area contributed by atoms with Gasteiger partial charge in [0.25, 0.3) is 0 Å². The Balaban J connectivity index is 2.24. The molecule has 3 heteroatoms. The van der Waals surface area contributed by atoms with Crippen LogP contribution in [0.15, 0.2) is 24.3 Å². The molecule has 1 aromatic rings. The number of aliphatic hydroxyl groups is 1. The fourth-order valence-electron chi connectivity index (χ4n) is 2.86. The van der Waals surface area contributed by atoms with Crippen molar-refractivity contribution in [1.82, 2.24) is 4.90 Å². The van der Waals surface area contributed by atoms with Crippen molar-refractivity contribution in [2.45, 2.75) is 44.7 Å². The number of benzene rings is 1. The maximum absolute atomic E-state index is 9.40. The highest BCUT2D eigenvalue weighted by molar-refractivity contribution is 5.37. The van der Waals surface area contributed by atoms with Crippen molar-refractivity contribution in [2.24, 2.45) is 0 Å². The summed E-state index contributed by atoms with van der Waals surface area (Å²) in [5.41, 5.74) is 1.83. The third kappa shape index (κ3) is 2.97. The topological polar surface area (TPSA) is 47.3 Å². The molecule has 3 nitrogen and oxygen atoms in total. The first-order valence-electron chi connectivity index (χ1n) is 6.93. The molecule has 1 aliphatic rings. The fourth-order valence-corrected chi connectivity index (χ4v) is 2.86. The Labute approximate surface area is 115 Å². The third-order valence-corrected chi connectivity index (χ3v) is 4.05. The van der Waals surface area contributed by atoms with Gasteiger partial charge in [0.2, 0.25) is 0 Å². The van der Waals surface area contributed by atoms with E-state index in [0.29, 0.717) is 0 Å². The van der Waals surface area contributed by atoms with Crippen LogP contribution in [0.1, 0.15) is 37.8 Å². The number of nitrogens with zero attached hydrogens (tertiary/aromatic N) is 2. The zero-order chi connectivity index (χ0) is 13.9. The Morgan fingerprint density at radius 3 is 2.84 bits per heavy atom. The van der Waals surface area contributed by atoms with Gasteiger partial charge in [-0.05, 0) is 44.4 Å². The van der Waals surface area contributed by atoms with Crippen LogP contribution in [0.25, 0.3) is 0 Å². The molecular weight excluding hydrogens is 236 g/mol. The lowest BCUT2D eigenvalue weighted by atomic mass is 9.83. The molecule has 1 atom stereocenters. The Morgan fingerprint density at radius 1 is 1.42 bits per heavy atom. The molecule has 1 aromatic carbocycles. The van der Waals surface area contributed by atoms with Crippen molar-refractivity contribution in [3.8, 4) is 6.07 Å². The Hall–Kier alpha value is -1.37. The van der Waals surface area contributed by atoms with Crippen LogP contribution in [0, 0.1) is 11.3 Å². The zero-order valence-electron chi connectivity index (χ0n) is 11.8. The molecular formula is C16H22N2O. The van der Waals surface area contributed by atoms with Gasteiger partial charge in [0.15, 0.2) is 0 Å². The lowest BCUT2D eigenvalue weighted by molar-refractivity contribution is 0.153. The molecule has 1 aliphatic heterocycles. The largest absolute Gasteiger partial charge is 0.395 e. The van der Waals surface area contributed by atoms with E-state index in [1.807, 2.05) is 32.0 Å². The molecule has 0 aromatic heterocycles. The van der Waals surface area contributed by atoms with Gasteiger partial charge in [0.1, 0.15) is 0 Å². The molecule has 1 N–H and O–H groups in total. The first-order chi connectivity index (χ1) is 9.08. The van der Waals surface area contributed by atoms with E-state index in [4.69, 9.17) is 0 Å². The number of hydrogen-bond acceptors (Lipinski definition) is 3. The van der Waals surface area contributed by atoms with Crippen molar-refractivity contribution in [2.75, 3.05) is 13.2 Å². The molecule has 0 bridgehead atoms. The molecule has 2 rings (SSSR count). The zero-order valence-corrected chi connectivity index (χ0v) is 11.8. The highest BCUT2D eigenvalue weighted by atomic mass is 16.3. The first-order valence-corrected chi connectivity index (χ1v) is 6.93. The van der Waals surface area contributed by atoms with E-state index in [2.05, 4.69) is 17.0 Å². The summed E-state index contributed by atoms with van der Waals surface area (Å²) in [5, 5.41) is 18.7. The number of likely N-dealkylation sites (tertiary alicyclic amines) is 1. The van der Waals surface area contributed by atoms with Crippen molar-refractivity contribution in [1.29, 1.82) is 5.26 Å². The van der Waals surface area contributed by atoms with E-state index in [-0.39, 0.29) is 12.6 Å². The highest BCUT2D eigenvalue weighted by Gasteiger charge is 2.27. The van der Waals surface area contributed by atoms with Gasteiger partial charge >= 0.3 is 0 Å². The smallest absolute Gasteiger partial charge is 0.0769 e. The van der Waals surface area contributed by atoms with E-state index in [9.17, 15) is 10.4 Å². The average molecular weight is 258 g/mol. The van der Waals surface area contributed by atoms with E-state index < -0.39 is 5.41 Å². The second kappa shape index (κ2) is 5.73. The predicted octanol–water partition coefficient (Wildman–Crippen LogP) is 2.44. The predicted molar refractivity (Wildman–Crippen MR) is 75.6 cm³/mol. The number of rotatable bonds is 4. The summed E-state index contributed by atoms with van der Waals surface area (Å²) in [6.45, 7) is 6.00. The molecule has 0 saturated carbocycles. The van der Waals surface area contributed by atoms with Crippen LogP contribution in [0.5, 0.6) is 0 Å². The number of aliphatic hydroxyl groups excluding tert-OH is 1. The van der Waals surface area contributed by atoms with Crippen molar-refractivity contribution < 1.29 is 5.11 Å². The molecule has 0 aliphatic carbocycles. The minimum absolute atomic E-state index is 0.226. The van der Waals surface area contributed by atoms with Crippen LogP contribution in [-0.2, 0) is 12.0 Å². The minimum atomic E-state index is -0.467. The minimum Gasteiger partial charge on any atom is -0.395 e. The van der Waals surface area contributed by atoms with Crippen LogP contribution >= 0.6 is 0 Å². The Bertz CT molecular complexity index is 476. The maximum Gasteiger partial charge on any atom is 0.0769 e. The normalized spacial score (nSPS) is 20.4. The van der Waals surface area contributed by atoms with Gasteiger partial charge in [-0.25, -0.2) is 0 Å². The van der Waals surface area contributed by atoms with Gasteiger partial charge in [-0.3, -0.25) is 4.90 Å². The van der Waals surface area contributed by atoms with Crippen LogP contribution in [0.3, 0.4) is 0 Å². The second-order valence-corrected chi connectivity index (χ2v) is 5.84. The Kier molecular flexibility index (Phi) is 4.24. The molecule has 102 valence electrons. The summed E-state index contributed by atoms with van der Waals surface area (Å²) in [4.78, 5) is 2.33. The summed E-state index contributed by atoms with van der Waals surface area (Å²) in [7, 11) is 0. The van der Waals surface area contributed by atoms with E-state index >= 15 is 0 Å². The molecule has 0 amide bonds. The fraction of sp³-hybridized carbons (Fsp3) is 0.562. The number of hydrogen-bond donors (Lipinski definition) is 1. The molecule has 1 heterocycles. The second-order valence-electron chi connectivity index (χ2n) is 5.84. The lowest BCUT2D eigenvalue weighted by Crippen LogP contribution is -2.32. The van der Waals surface area contributed by atoms with Gasteiger partial charge in [-0.1, -0.05) is 24.3 Å². The summed E-state index contributed by atoms with van der Waals surface area (Å²) < 4.78 is 0. The van der Waals surface area contributed by atoms with Gasteiger partial charge in [-0.15, -0.1) is 0 Å². The van der Waals surface area contributed by atoms with Gasteiger partial charge in [0, 0.05) is 12.6 Å². The SMILES string of the molecule is CC(C)(C#N)c1ccccc1CN1CCC[C@@H]1CO. The van der Waals surface area contributed by atoms with Crippen molar-refractivity contribution in [3.63, 3.8) is 0 Å². The highest BCUT2D eigenvalue weighted by Crippen LogP contribution is 2.28. The van der Waals surface area contributed by atoms with E-state index in [1.54, 1.807) is 0 Å². The maximum atomic E-state index is 9.40. The van der Waals surface area contributed by atoms with E-state index in [0.717, 1.165) is 31.5 Å². The molecule has 1 saturated heterocycles. The molecule has 0 unspecified atom stereocenters. The summed E-state index contributed by atoms with van der Waals surface area (Å²) in [5.74, 6) is 0. The Morgan fingerprint density at radius 2 is 2.16 bits per heavy atom.